The molecule has 0 saturated carbocycles. The van der Waals surface area contributed by atoms with Crippen LogP contribution in [0.25, 0.3) is 0 Å². The Hall–Kier alpha value is -2.17. The number of benzene rings is 2. The van der Waals surface area contributed by atoms with E-state index in [0.717, 1.165) is 17.7 Å². The summed E-state index contributed by atoms with van der Waals surface area (Å²) in [6.07, 6.45) is 0.776. The van der Waals surface area contributed by atoms with Gasteiger partial charge in [0.05, 0.1) is 12.6 Å². The Morgan fingerprint density at radius 3 is 2.48 bits per heavy atom. The van der Waals surface area contributed by atoms with Gasteiger partial charge in [-0.2, -0.15) is 0 Å². The van der Waals surface area contributed by atoms with E-state index >= 15 is 0 Å². The summed E-state index contributed by atoms with van der Waals surface area (Å²) in [7, 11) is 1.83. The summed E-state index contributed by atoms with van der Waals surface area (Å²) < 4.78 is 0. The zero-order valence-corrected chi connectivity index (χ0v) is 13.7. The Kier molecular flexibility index (Phi) is 6.32. The van der Waals surface area contributed by atoms with Crippen molar-refractivity contribution in [2.75, 3.05) is 25.5 Å². The van der Waals surface area contributed by atoms with E-state index in [2.05, 4.69) is 17.4 Å². The van der Waals surface area contributed by atoms with E-state index < -0.39 is 0 Å². The lowest BCUT2D eigenvalue weighted by Crippen LogP contribution is -2.41. The van der Waals surface area contributed by atoms with Crippen molar-refractivity contribution in [1.82, 2.24) is 4.90 Å². The molecule has 1 unspecified atom stereocenters. The van der Waals surface area contributed by atoms with Gasteiger partial charge in [-0.15, -0.1) is 0 Å². The number of rotatable bonds is 7. The highest BCUT2D eigenvalue weighted by Crippen LogP contribution is 2.19. The maximum Gasteiger partial charge on any atom is 0.241 e. The summed E-state index contributed by atoms with van der Waals surface area (Å²) in [5.41, 5.74) is 3.13. The second-order valence-electron chi connectivity index (χ2n) is 5.69. The molecule has 0 aliphatic rings. The van der Waals surface area contributed by atoms with E-state index in [1.54, 1.807) is 0 Å². The Morgan fingerprint density at radius 2 is 1.78 bits per heavy atom. The van der Waals surface area contributed by atoms with E-state index in [1.807, 2.05) is 61.3 Å². The van der Waals surface area contributed by atoms with Gasteiger partial charge in [0.15, 0.2) is 0 Å². The van der Waals surface area contributed by atoms with Gasteiger partial charge in [0.1, 0.15) is 0 Å². The molecule has 2 aromatic carbocycles. The van der Waals surface area contributed by atoms with Crippen LogP contribution in [0, 0.1) is 0 Å². The fourth-order valence-corrected chi connectivity index (χ4v) is 2.40. The van der Waals surface area contributed by atoms with Crippen molar-refractivity contribution in [1.29, 1.82) is 0 Å². The molecule has 0 bridgehead atoms. The largest absolute Gasteiger partial charge is 0.395 e. The molecule has 23 heavy (non-hydrogen) atoms. The van der Waals surface area contributed by atoms with Gasteiger partial charge in [-0.1, -0.05) is 48.5 Å². The molecular formula is C19H24N2O2. The summed E-state index contributed by atoms with van der Waals surface area (Å²) in [6.45, 7) is 2.35. The van der Waals surface area contributed by atoms with E-state index in [1.165, 1.54) is 5.56 Å². The third kappa shape index (κ3) is 4.91. The van der Waals surface area contributed by atoms with E-state index in [4.69, 9.17) is 5.11 Å². The number of carbonyl (C=O) groups is 1. The van der Waals surface area contributed by atoms with Gasteiger partial charge in [-0.25, -0.2) is 0 Å². The molecule has 4 heteroatoms. The number of likely N-dealkylation sites (N-methyl/N-ethyl adjacent to an activating group) is 1. The average molecular weight is 312 g/mol. The van der Waals surface area contributed by atoms with Crippen molar-refractivity contribution in [2.24, 2.45) is 0 Å². The average Bonchev–Trinajstić information content (AvgIpc) is 2.57. The molecule has 0 aliphatic carbocycles. The van der Waals surface area contributed by atoms with Crippen molar-refractivity contribution in [3.8, 4) is 0 Å². The molecule has 2 rings (SSSR count). The summed E-state index contributed by atoms with van der Waals surface area (Å²) in [5.74, 6) is -0.0681. The molecule has 2 aromatic rings. The SMILES string of the molecule is CC(C(=O)Nc1ccccc1Cc1ccccc1)N(C)CCO. The molecule has 4 nitrogen and oxygen atoms in total. The minimum absolute atomic E-state index is 0.0404. The molecule has 0 fully saturated rings. The lowest BCUT2D eigenvalue weighted by Gasteiger charge is -2.23. The quantitative estimate of drug-likeness (QED) is 0.826. The number of anilines is 1. The summed E-state index contributed by atoms with van der Waals surface area (Å²) in [6, 6.07) is 17.8. The van der Waals surface area contributed by atoms with Crippen LogP contribution in [0.2, 0.25) is 0 Å². The Bertz CT molecular complexity index is 628. The van der Waals surface area contributed by atoms with Crippen LogP contribution in [-0.2, 0) is 11.2 Å². The fraction of sp³-hybridized carbons (Fsp3) is 0.316. The molecule has 0 aromatic heterocycles. The first-order valence-corrected chi connectivity index (χ1v) is 7.85. The second kappa shape index (κ2) is 8.46. The first-order chi connectivity index (χ1) is 11.1. The van der Waals surface area contributed by atoms with Crippen LogP contribution < -0.4 is 5.32 Å². The van der Waals surface area contributed by atoms with Crippen LogP contribution >= 0.6 is 0 Å². The van der Waals surface area contributed by atoms with E-state index in [9.17, 15) is 4.79 Å². The number of para-hydroxylation sites is 1. The molecule has 1 amide bonds. The highest BCUT2D eigenvalue weighted by molar-refractivity contribution is 5.95. The third-order valence-electron chi connectivity index (χ3n) is 4.01. The number of amides is 1. The summed E-state index contributed by atoms with van der Waals surface area (Å²) in [5, 5.41) is 12.0. The standard InChI is InChI=1S/C19H24N2O2/c1-15(21(2)12-13-22)19(23)20-18-11-7-6-10-17(18)14-16-8-4-3-5-9-16/h3-11,15,22H,12-14H2,1-2H3,(H,20,23). The number of aliphatic hydroxyl groups is 1. The lowest BCUT2D eigenvalue weighted by molar-refractivity contribution is -0.120. The van der Waals surface area contributed by atoms with Gasteiger partial charge in [-0.05, 0) is 37.6 Å². The number of aliphatic hydroxyl groups excluding tert-OH is 1. The minimum atomic E-state index is -0.299. The molecule has 0 spiro atoms. The van der Waals surface area contributed by atoms with Crippen LogP contribution in [0.5, 0.6) is 0 Å². The maximum atomic E-state index is 12.4. The molecule has 1 atom stereocenters. The highest BCUT2D eigenvalue weighted by Gasteiger charge is 2.18. The first-order valence-electron chi connectivity index (χ1n) is 7.85. The van der Waals surface area contributed by atoms with Crippen LogP contribution in [0.3, 0.4) is 0 Å². The van der Waals surface area contributed by atoms with Crippen molar-refractivity contribution < 1.29 is 9.90 Å². The Morgan fingerprint density at radius 1 is 1.13 bits per heavy atom. The van der Waals surface area contributed by atoms with Crippen molar-refractivity contribution in [3.05, 3.63) is 65.7 Å². The molecular weight excluding hydrogens is 288 g/mol. The van der Waals surface area contributed by atoms with Crippen LogP contribution in [0.4, 0.5) is 5.69 Å². The zero-order valence-electron chi connectivity index (χ0n) is 13.7. The monoisotopic (exact) mass is 312 g/mol. The van der Waals surface area contributed by atoms with Crippen molar-refractivity contribution >= 4 is 11.6 Å². The maximum absolute atomic E-state index is 12.4. The van der Waals surface area contributed by atoms with Gasteiger partial charge < -0.3 is 10.4 Å². The predicted molar refractivity (Wildman–Crippen MR) is 93.5 cm³/mol. The smallest absolute Gasteiger partial charge is 0.241 e. The topological polar surface area (TPSA) is 52.6 Å². The van der Waals surface area contributed by atoms with Crippen LogP contribution in [0.1, 0.15) is 18.1 Å². The highest BCUT2D eigenvalue weighted by atomic mass is 16.3. The van der Waals surface area contributed by atoms with Gasteiger partial charge in [0, 0.05) is 12.2 Å². The molecule has 0 aliphatic heterocycles. The summed E-state index contributed by atoms with van der Waals surface area (Å²) in [4.78, 5) is 14.2. The predicted octanol–water partition coefficient (Wildman–Crippen LogP) is 2.53. The fourth-order valence-electron chi connectivity index (χ4n) is 2.40. The first kappa shape index (κ1) is 17.2. The Balaban J connectivity index is 2.10. The zero-order chi connectivity index (χ0) is 16.7. The number of nitrogens with one attached hydrogen (secondary N) is 1. The van der Waals surface area contributed by atoms with Gasteiger partial charge >= 0.3 is 0 Å². The van der Waals surface area contributed by atoms with Gasteiger partial charge in [-0.3, -0.25) is 9.69 Å². The van der Waals surface area contributed by atoms with Gasteiger partial charge in [0.2, 0.25) is 5.91 Å². The van der Waals surface area contributed by atoms with Crippen LogP contribution in [0.15, 0.2) is 54.6 Å². The molecule has 2 N–H and O–H groups in total. The number of nitrogens with zero attached hydrogens (tertiary/aromatic N) is 1. The normalized spacial score (nSPS) is 12.2. The van der Waals surface area contributed by atoms with Gasteiger partial charge in [0.25, 0.3) is 0 Å². The third-order valence-corrected chi connectivity index (χ3v) is 4.01. The molecule has 122 valence electrons. The number of hydrogen-bond acceptors (Lipinski definition) is 3. The van der Waals surface area contributed by atoms with Crippen LogP contribution in [-0.4, -0.2) is 42.2 Å². The molecule has 0 radical (unpaired) electrons. The second-order valence-corrected chi connectivity index (χ2v) is 5.69. The Labute approximate surface area is 137 Å². The van der Waals surface area contributed by atoms with E-state index in [-0.39, 0.29) is 18.6 Å². The molecule has 0 saturated heterocycles. The van der Waals surface area contributed by atoms with Crippen molar-refractivity contribution in [2.45, 2.75) is 19.4 Å². The number of hydrogen-bond donors (Lipinski definition) is 2. The summed E-state index contributed by atoms with van der Waals surface area (Å²) >= 11 is 0. The number of carbonyl (C=O) groups excluding carboxylic acids is 1. The van der Waals surface area contributed by atoms with Crippen molar-refractivity contribution in [3.63, 3.8) is 0 Å². The molecule has 0 heterocycles. The van der Waals surface area contributed by atoms with E-state index in [0.29, 0.717) is 6.54 Å². The minimum Gasteiger partial charge on any atom is -0.395 e. The lowest BCUT2D eigenvalue weighted by atomic mass is 10.0.